The Hall–Kier alpha value is -2.66. The van der Waals surface area contributed by atoms with Gasteiger partial charge in [-0.05, 0) is 13.0 Å². The lowest BCUT2D eigenvalue weighted by Crippen LogP contribution is -2.45. The third-order valence-corrected chi connectivity index (χ3v) is 6.24. The van der Waals surface area contributed by atoms with Gasteiger partial charge in [0.05, 0.1) is 35.9 Å². The number of hydrogen-bond acceptors (Lipinski definition) is 6. The molecule has 1 aromatic rings. The van der Waals surface area contributed by atoms with Gasteiger partial charge in [0.15, 0.2) is 0 Å². The lowest BCUT2D eigenvalue weighted by molar-refractivity contribution is -0.138. The highest BCUT2D eigenvalue weighted by Crippen LogP contribution is 2.15. The first-order chi connectivity index (χ1) is 13.2. The minimum Gasteiger partial charge on any atom is -0.463 e. The predicted octanol–water partition coefficient (Wildman–Crippen LogP) is 0.00880. The fourth-order valence-electron chi connectivity index (χ4n) is 2.75. The van der Waals surface area contributed by atoms with E-state index in [1.807, 2.05) is 0 Å². The van der Waals surface area contributed by atoms with Crippen LogP contribution in [0.15, 0.2) is 39.3 Å². The number of sulfonamides is 1. The zero-order chi connectivity index (χ0) is 20.9. The number of pyridine rings is 1. The van der Waals surface area contributed by atoms with E-state index in [1.54, 1.807) is 20.8 Å². The molecule has 1 aromatic heterocycles. The fourth-order valence-corrected chi connectivity index (χ4v) is 4.23. The molecule has 0 unspecified atom stereocenters. The van der Waals surface area contributed by atoms with Gasteiger partial charge in [0.2, 0.25) is 10.0 Å². The highest BCUT2D eigenvalue weighted by Gasteiger charge is 2.26. The average Bonchev–Trinajstić information content (AvgIpc) is 2.64. The highest BCUT2D eigenvalue weighted by molar-refractivity contribution is 7.89. The second-order valence-corrected chi connectivity index (χ2v) is 7.84. The van der Waals surface area contributed by atoms with E-state index in [0.29, 0.717) is 0 Å². The molecule has 0 atom stereocenters. The molecule has 10 nitrogen and oxygen atoms in total. The van der Waals surface area contributed by atoms with E-state index < -0.39 is 27.6 Å². The van der Waals surface area contributed by atoms with E-state index in [9.17, 15) is 22.8 Å². The quantitative estimate of drug-likeness (QED) is 0.579. The molecule has 2 rings (SSSR count). The maximum atomic E-state index is 12.7. The normalized spacial score (nSPS) is 14.6. The van der Waals surface area contributed by atoms with Gasteiger partial charge in [-0.2, -0.15) is 4.31 Å². The van der Waals surface area contributed by atoms with Gasteiger partial charge in [-0.3, -0.25) is 4.79 Å². The van der Waals surface area contributed by atoms with Crippen molar-refractivity contribution in [3.05, 3.63) is 40.0 Å². The zero-order valence-electron chi connectivity index (χ0n) is 16.0. The van der Waals surface area contributed by atoms with Crippen molar-refractivity contribution in [2.75, 3.05) is 26.2 Å². The second-order valence-electron chi connectivity index (χ2n) is 5.91. The fraction of sp³-hybridized carbons (Fsp3) is 0.471. The third-order valence-electron chi connectivity index (χ3n) is 4.20. The van der Waals surface area contributed by atoms with Crippen molar-refractivity contribution in [3.8, 4) is 0 Å². The number of urea groups is 1. The third kappa shape index (κ3) is 4.60. The molecule has 154 valence electrons. The molecule has 0 aromatic carbocycles. The predicted molar refractivity (Wildman–Crippen MR) is 101 cm³/mol. The average molecular weight is 412 g/mol. The molecular formula is C17H24N4O6S. The summed E-state index contributed by atoms with van der Waals surface area (Å²) in [4.78, 5) is 36.0. The summed E-state index contributed by atoms with van der Waals surface area (Å²) in [6.45, 7) is 5.60. The van der Waals surface area contributed by atoms with Crippen LogP contribution in [0.25, 0.3) is 0 Å². The van der Waals surface area contributed by atoms with Gasteiger partial charge in [-0.15, -0.1) is 0 Å². The van der Waals surface area contributed by atoms with Gasteiger partial charge in [-0.25, -0.2) is 18.0 Å². The molecule has 0 fully saturated rings. The Bertz CT molecular complexity index is 947. The van der Waals surface area contributed by atoms with Crippen LogP contribution >= 0.6 is 0 Å². The summed E-state index contributed by atoms with van der Waals surface area (Å²) in [7, 11) is -3.76. The van der Waals surface area contributed by atoms with Crippen LogP contribution in [0, 0.1) is 0 Å². The van der Waals surface area contributed by atoms with E-state index in [1.165, 1.54) is 16.6 Å². The number of carbonyl (C=O) groups is 2. The molecule has 1 aliphatic rings. The SMILES string of the molecule is CCOC(=O)C1=C(Cn2cc(S(=O)(=O)N(CC)CC)ccc2=O)NC(=O)NC1. The summed E-state index contributed by atoms with van der Waals surface area (Å²) in [6, 6.07) is 1.86. The first-order valence-corrected chi connectivity index (χ1v) is 10.3. The van der Waals surface area contributed by atoms with Gasteiger partial charge < -0.3 is 19.9 Å². The molecule has 28 heavy (non-hydrogen) atoms. The van der Waals surface area contributed by atoms with Crippen LogP contribution in [-0.4, -0.2) is 55.5 Å². The van der Waals surface area contributed by atoms with Gasteiger partial charge >= 0.3 is 12.0 Å². The zero-order valence-corrected chi connectivity index (χ0v) is 16.8. The summed E-state index contributed by atoms with van der Waals surface area (Å²) < 4.78 is 32.8. The number of esters is 1. The van der Waals surface area contributed by atoms with Gasteiger partial charge in [-0.1, -0.05) is 13.8 Å². The van der Waals surface area contributed by atoms with Crippen LogP contribution < -0.4 is 16.2 Å². The molecule has 2 amide bonds. The molecule has 0 bridgehead atoms. The summed E-state index contributed by atoms with van der Waals surface area (Å²) in [5, 5.41) is 4.96. The van der Waals surface area contributed by atoms with E-state index in [2.05, 4.69) is 10.6 Å². The highest BCUT2D eigenvalue weighted by atomic mass is 32.2. The van der Waals surface area contributed by atoms with E-state index in [-0.39, 0.29) is 49.0 Å². The van der Waals surface area contributed by atoms with Crippen LogP contribution in [-0.2, 0) is 26.1 Å². The molecule has 0 saturated carbocycles. The molecule has 0 radical (unpaired) electrons. The maximum absolute atomic E-state index is 12.7. The summed E-state index contributed by atoms with van der Waals surface area (Å²) in [6.07, 6.45) is 1.21. The number of rotatable bonds is 8. The van der Waals surface area contributed by atoms with Crippen LogP contribution in [0.1, 0.15) is 20.8 Å². The number of nitrogens with zero attached hydrogens (tertiary/aromatic N) is 2. The van der Waals surface area contributed by atoms with Crippen molar-refractivity contribution < 1.29 is 22.7 Å². The number of allylic oxidation sites excluding steroid dienone is 1. The van der Waals surface area contributed by atoms with Crippen LogP contribution in [0.4, 0.5) is 4.79 Å². The van der Waals surface area contributed by atoms with Crippen molar-refractivity contribution in [2.24, 2.45) is 0 Å². The van der Waals surface area contributed by atoms with Gasteiger partial charge in [0.25, 0.3) is 5.56 Å². The number of hydrogen-bond donors (Lipinski definition) is 2. The van der Waals surface area contributed by atoms with Crippen molar-refractivity contribution in [1.29, 1.82) is 0 Å². The Morgan fingerprint density at radius 3 is 2.50 bits per heavy atom. The van der Waals surface area contributed by atoms with Crippen molar-refractivity contribution >= 4 is 22.0 Å². The largest absolute Gasteiger partial charge is 0.463 e. The van der Waals surface area contributed by atoms with E-state index in [4.69, 9.17) is 4.74 Å². The Labute approximate surface area is 163 Å². The first kappa shape index (κ1) is 21.6. The topological polar surface area (TPSA) is 127 Å². The maximum Gasteiger partial charge on any atom is 0.337 e. The summed E-state index contributed by atoms with van der Waals surface area (Å²) in [5.41, 5.74) is -0.117. The molecular weight excluding hydrogens is 388 g/mol. The van der Waals surface area contributed by atoms with Crippen LogP contribution in [0.2, 0.25) is 0 Å². The minimum atomic E-state index is -3.76. The second kappa shape index (κ2) is 9.02. The molecule has 0 spiro atoms. The van der Waals surface area contributed by atoms with Crippen molar-refractivity contribution in [1.82, 2.24) is 19.5 Å². The summed E-state index contributed by atoms with van der Waals surface area (Å²) >= 11 is 0. The Kier molecular flexibility index (Phi) is 6.97. The lowest BCUT2D eigenvalue weighted by atomic mass is 10.1. The minimum absolute atomic E-state index is 0.0469. The lowest BCUT2D eigenvalue weighted by Gasteiger charge is -2.22. The smallest absolute Gasteiger partial charge is 0.337 e. The monoisotopic (exact) mass is 412 g/mol. The molecule has 1 aliphatic heterocycles. The Morgan fingerprint density at radius 2 is 1.89 bits per heavy atom. The van der Waals surface area contributed by atoms with Crippen LogP contribution in [0.5, 0.6) is 0 Å². The molecule has 2 N–H and O–H groups in total. The Morgan fingerprint density at radius 1 is 1.21 bits per heavy atom. The number of ether oxygens (including phenoxy) is 1. The number of carbonyl (C=O) groups excluding carboxylic acids is 2. The van der Waals surface area contributed by atoms with E-state index in [0.717, 1.165) is 10.6 Å². The number of nitrogens with one attached hydrogen (secondary N) is 2. The number of amides is 2. The molecule has 0 aliphatic carbocycles. The molecule has 0 saturated heterocycles. The standard InChI is InChI=1S/C17H24N4O6S/c1-4-21(5-2)28(25,26)12-7-8-15(22)20(10-12)11-14-13(16(23)27-6-3)9-18-17(24)19-14/h7-8,10H,4-6,9,11H2,1-3H3,(H2,18,19,24). The van der Waals surface area contributed by atoms with Crippen molar-refractivity contribution in [3.63, 3.8) is 0 Å². The first-order valence-electron chi connectivity index (χ1n) is 8.89. The van der Waals surface area contributed by atoms with Gasteiger partial charge in [0.1, 0.15) is 0 Å². The summed E-state index contributed by atoms with van der Waals surface area (Å²) in [5.74, 6) is -0.620. The molecule has 11 heteroatoms. The molecule has 2 heterocycles. The van der Waals surface area contributed by atoms with Crippen molar-refractivity contribution in [2.45, 2.75) is 32.2 Å². The Balaban J connectivity index is 2.46. The number of aromatic nitrogens is 1. The van der Waals surface area contributed by atoms with Crippen LogP contribution in [0.3, 0.4) is 0 Å². The van der Waals surface area contributed by atoms with E-state index >= 15 is 0 Å². The van der Waals surface area contributed by atoms with Gasteiger partial charge in [0, 0.05) is 25.4 Å².